The molecule has 0 spiro atoms. The van der Waals surface area contributed by atoms with E-state index in [4.69, 9.17) is 9.15 Å². The van der Waals surface area contributed by atoms with Gasteiger partial charge in [-0.1, -0.05) is 32.9 Å². The number of hydrogen-bond acceptors (Lipinski definition) is 4. The number of nitrogens with zero attached hydrogens (tertiary/aromatic N) is 1. The Kier molecular flexibility index (Phi) is 4.48. The smallest absolute Gasteiger partial charge is 0.253 e. The standard InChI is InChI=1S/C22H24N2O3/c1-22(2,3)15-8-6-14(7-9-15)21-24-17-11-10-16(13-19(17)27-21)23-20(25)18-5-4-12-26-18/h6-11,13,18H,4-5,12H2,1-3H3,(H,23,25). The number of fused-ring (bicyclic) bond motifs is 1. The van der Waals surface area contributed by atoms with E-state index in [-0.39, 0.29) is 17.4 Å². The fourth-order valence-corrected chi connectivity index (χ4v) is 3.25. The zero-order valence-electron chi connectivity index (χ0n) is 15.9. The molecule has 140 valence electrons. The molecule has 1 unspecified atom stereocenters. The number of oxazole rings is 1. The van der Waals surface area contributed by atoms with Crippen molar-refractivity contribution in [2.24, 2.45) is 0 Å². The highest BCUT2D eigenvalue weighted by Gasteiger charge is 2.23. The minimum Gasteiger partial charge on any atom is -0.436 e. The van der Waals surface area contributed by atoms with E-state index in [9.17, 15) is 4.79 Å². The number of nitrogens with one attached hydrogen (secondary N) is 1. The average molecular weight is 364 g/mol. The third-order valence-electron chi connectivity index (χ3n) is 4.88. The van der Waals surface area contributed by atoms with Crippen molar-refractivity contribution in [3.05, 3.63) is 48.0 Å². The van der Waals surface area contributed by atoms with Crippen LogP contribution in [0, 0.1) is 0 Å². The zero-order valence-corrected chi connectivity index (χ0v) is 15.9. The van der Waals surface area contributed by atoms with Crippen LogP contribution in [0.1, 0.15) is 39.2 Å². The average Bonchev–Trinajstić information content (AvgIpc) is 3.30. The maximum atomic E-state index is 12.2. The number of anilines is 1. The molecule has 1 saturated heterocycles. The first-order valence-electron chi connectivity index (χ1n) is 9.34. The molecule has 1 atom stereocenters. The molecule has 0 saturated carbocycles. The Morgan fingerprint density at radius 2 is 1.93 bits per heavy atom. The SMILES string of the molecule is CC(C)(C)c1ccc(-c2nc3ccc(NC(=O)C4CCCO4)cc3o2)cc1. The lowest BCUT2D eigenvalue weighted by Crippen LogP contribution is -2.26. The van der Waals surface area contributed by atoms with Crippen molar-refractivity contribution >= 4 is 22.7 Å². The summed E-state index contributed by atoms with van der Waals surface area (Å²) in [5, 5.41) is 2.90. The van der Waals surface area contributed by atoms with Gasteiger partial charge in [0.25, 0.3) is 5.91 Å². The Labute approximate surface area is 158 Å². The molecule has 5 heteroatoms. The second-order valence-electron chi connectivity index (χ2n) is 8.02. The van der Waals surface area contributed by atoms with Crippen LogP contribution >= 0.6 is 0 Å². The first-order chi connectivity index (χ1) is 12.9. The normalized spacial score (nSPS) is 17.4. The van der Waals surface area contributed by atoms with Gasteiger partial charge in [-0.3, -0.25) is 4.79 Å². The van der Waals surface area contributed by atoms with E-state index in [1.807, 2.05) is 30.3 Å². The molecular weight excluding hydrogens is 340 g/mol. The van der Waals surface area contributed by atoms with Crippen molar-refractivity contribution < 1.29 is 13.9 Å². The van der Waals surface area contributed by atoms with Gasteiger partial charge in [-0.15, -0.1) is 0 Å². The highest BCUT2D eigenvalue weighted by atomic mass is 16.5. The Hall–Kier alpha value is -2.66. The van der Waals surface area contributed by atoms with Gasteiger partial charge in [-0.25, -0.2) is 4.98 Å². The first kappa shape index (κ1) is 17.7. The number of ether oxygens (including phenoxy) is 1. The molecule has 1 aliphatic rings. The summed E-state index contributed by atoms with van der Waals surface area (Å²) in [6, 6.07) is 13.8. The number of hydrogen-bond donors (Lipinski definition) is 1. The zero-order chi connectivity index (χ0) is 19.0. The molecular formula is C22H24N2O3. The maximum absolute atomic E-state index is 12.2. The summed E-state index contributed by atoms with van der Waals surface area (Å²) in [7, 11) is 0. The van der Waals surface area contributed by atoms with Gasteiger partial charge >= 0.3 is 0 Å². The molecule has 2 aromatic carbocycles. The van der Waals surface area contributed by atoms with Crippen molar-refractivity contribution in [1.29, 1.82) is 0 Å². The summed E-state index contributed by atoms with van der Waals surface area (Å²) in [4.78, 5) is 16.8. The van der Waals surface area contributed by atoms with Crippen LogP contribution in [-0.4, -0.2) is 23.6 Å². The van der Waals surface area contributed by atoms with Crippen LogP contribution in [0.2, 0.25) is 0 Å². The number of carbonyl (C=O) groups excluding carboxylic acids is 1. The van der Waals surface area contributed by atoms with Gasteiger partial charge in [0.05, 0.1) is 0 Å². The predicted molar refractivity (Wildman–Crippen MR) is 106 cm³/mol. The maximum Gasteiger partial charge on any atom is 0.253 e. The van der Waals surface area contributed by atoms with Gasteiger partial charge < -0.3 is 14.5 Å². The summed E-state index contributed by atoms with van der Waals surface area (Å²) in [6.07, 6.45) is 1.34. The van der Waals surface area contributed by atoms with Crippen molar-refractivity contribution in [3.63, 3.8) is 0 Å². The van der Waals surface area contributed by atoms with Gasteiger partial charge in [0.15, 0.2) is 5.58 Å². The third-order valence-corrected chi connectivity index (χ3v) is 4.88. The van der Waals surface area contributed by atoms with Crippen molar-refractivity contribution in [2.75, 3.05) is 11.9 Å². The molecule has 1 amide bonds. The monoisotopic (exact) mass is 364 g/mol. The Bertz CT molecular complexity index is 961. The highest BCUT2D eigenvalue weighted by Crippen LogP contribution is 2.29. The van der Waals surface area contributed by atoms with Gasteiger partial charge in [0, 0.05) is 23.9 Å². The third kappa shape index (κ3) is 3.74. The molecule has 27 heavy (non-hydrogen) atoms. The molecule has 1 fully saturated rings. The van der Waals surface area contributed by atoms with Crippen LogP contribution in [0.5, 0.6) is 0 Å². The van der Waals surface area contributed by atoms with Crippen LogP contribution < -0.4 is 5.32 Å². The highest BCUT2D eigenvalue weighted by molar-refractivity contribution is 5.95. The lowest BCUT2D eigenvalue weighted by atomic mass is 9.87. The number of carbonyl (C=O) groups is 1. The fourth-order valence-electron chi connectivity index (χ4n) is 3.25. The van der Waals surface area contributed by atoms with Gasteiger partial charge in [-0.05, 0) is 48.1 Å². The van der Waals surface area contributed by atoms with E-state index in [1.54, 1.807) is 0 Å². The molecule has 0 bridgehead atoms. The summed E-state index contributed by atoms with van der Waals surface area (Å²) >= 11 is 0. The number of aromatic nitrogens is 1. The second kappa shape index (κ2) is 6.82. The van der Waals surface area contributed by atoms with Crippen molar-refractivity contribution in [1.82, 2.24) is 4.98 Å². The molecule has 5 nitrogen and oxygen atoms in total. The van der Waals surface area contributed by atoms with Gasteiger partial charge in [0.2, 0.25) is 5.89 Å². The second-order valence-corrected chi connectivity index (χ2v) is 8.02. The van der Waals surface area contributed by atoms with Gasteiger partial charge in [-0.2, -0.15) is 0 Å². The molecule has 0 aliphatic carbocycles. The summed E-state index contributed by atoms with van der Waals surface area (Å²) in [5.41, 5.74) is 4.41. The van der Waals surface area contributed by atoms with Gasteiger partial charge in [0.1, 0.15) is 11.6 Å². The first-order valence-corrected chi connectivity index (χ1v) is 9.34. The minimum atomic E-state index is -0.354. The summed E-state index contributed by atoms with van der Waals surface area (Å²) in [5.74, 6) is 0.470. The van der Waals surface area contributed by atoms with E-state index in [2.05, 4.69) is 43.2 Å². The summed E-state index contributed by atoms with van der Waals surface area (Å²) < 4.78 is 11.4. The van der Waals surface area contributed by atoms with E-state index in [0.29, 0.717) is 23.8 Å². The van der Waals surface area contributed by atoms with Crippen LogP contribution in [0.3, 0.4) is 0 Å². The topological polar surface area (TPSA) is 64.4 Å². The number of rotatable bonds is 3. The molecule has 4 rings (SSSR count). The van der Waals surface area contributed by atoms with E-state index < -0.39 is 0 Å². The Morgan fingerprint density at radius 1 is 1.15 bits per heavy atom. The molecule has 2 heterocycles. The lowest BCUT2D eigenvalue weighted by molar-refractivity contribution is -0.124. The minimum absolute atomic E-state index is 0.107. The van der Waals surface area contributed by atoms with Crippen LogP contribution in [0.4, 0.5) is 5.69 Å². The van der Waals surface area contributed by atoms with Crippen LogP contribution in [0.15, 0.2) is 46.9 Å². The van der Waals surface area contributed by atoms with Crippen molar-refractivity contribution in [2.45, 2.75) is 45.1 Å². The van der Waals surface area contributed by atoms with Crippen LogP contribution in [-0.2, 0) is 14.9 Å². The number of benzene rings is 2. The molecule has 0 radical (unpaired) electrons. The quantitative estimate of drug-likeness (QED) is 0.717. The number of amides is 1. The largest absolute Gasteiger partial charge is 0.436 e. The molecule has 1 aromatic heterocycles. The Morgan fingerprint density at radius 3 is 2.59 bits per heavy atom. The Balaban J connectivity index is 1.56. The van der Waals surface area contributed by atoms with E-state index in [1.165, 1.54) is 5.56 Å². The van der Waals surface area contributed by atoms with E-state index in [0.717, 1.165) is 23.9 Å². The van der Waals surface area contributed by atoms with Crippen molar-refractivity contribution in [3.8, 4) is 11.5 Å². The molecule has 1 N–H and O–H groups in total. The summed E-state index contributed by atoms with van der Waals surface area (Å²) in [6.45, 7) is 7.21. The van der Waals surface area contributed by atoms with E-state index >= 15 is 0 Å². The fraction of sp³-hybridized carbons (Fsp3) is 0.364. The van der Waals surface area contributed by atoms with Crippen LogP contribution in [0.25, 0.3) is 22.6 Å². The molecule has 1 aliphatic heterocycles. The predicted octanol–water partition coefficient (Wildman–Crippen LogP) is 4.91. The molecule has 3 aromatic rings. The lowest BCUT2D eigenvalue weighted by Gasteiger charge is -2.18.